The Bertz CT molecular complexity index is 925. The van der Waals surface area contributed by atoms with Gasteiger partial charge in [-0.1, -0.05) is 20.8 Å². The van der Waals surface area contributed by atoms with Gasteiger partial charge in [-0.3, -0.25) is 4.79 Å². The average Bonchev–Trinajstić information content (AvgIpc) is 3.35. The molecule has 2 spiro atoms. The van der Waals surface area contributed by atoms with Crippen molar-refractivity contribution in [3.63, 3.8) is 0 Å². The van der Waals surface area contributed by atoms with Gasteiger partial charge in [0, 0.05) is 0 Å². The number of rotatable bonds is 0. The molecule has 0 aromatic carbocycles. The first-order valence-corrected chi connectivity index (χ1v) is 10.2. The zero-order chi connectivity index (χ0) is 21.8. The van der Waals surface area contributed by atoms with Crippen LogP contribution < -0.4 is 0 Å². The zero-order valence-electron chi connectivity index (χ0n) is 16.9. The summed E-state index contributed by atoms with van der Waals surface area (Å²) in [6.07, 6.45) is -6.91. The van der Waals surface area contributed by atoms with E-state index < -0.39 is 87.9 Å². The summed E-state index contributed by atoms with van der Waals surface area (Å²) < 4.78 is 22.5. The number of hydrogen-bond donors (Lipinski definition) is 3. The fourth-order valence-corrected chi connectivity index (χ4v) is 8.12. The molecule has 164 valence electrons. The lowest BCUT2D eigenvalue weighted by molar-refractivity contribution is -0.239. The van der Waals surface area contributed by atoms with Crippen LogP contribution in [0.25, 0.3) is 0 Å². The second kappa shape index (κ2) is 4.69. The lowest BCUT2D eigenvalue weighted by Crippen LogP contribution is -2.67. The molecule has 2 aliphatic carbocycles. The van der Waals surface area contributed by atoms with Gasteiger partial charge in [-0.05, 0) is 24.7 Å². The lowest BCUT2D eigenvalue weighted by atomic mass is 9.51. The molecule has 3 N–H and O–H groups in total. The highest BCUT2D eigenvalue weighted by Gasteiger charge is 3.03. The van der Waals surface area contributed by atoms with Gasteiger partial charge in [0.2, 0.25) is 11.9 Å². The van der Waals surface area contributed by atoms with E-state index in [0.717, 1.165) is 0 Å². The number of aliphatic hydroxyl groups is 3. The Hall–Kier alpha value is -1.75. The van der Waals surface area contributed by atoms with Crippen molar-refractivity contribution < 1.29 is 48.7 Å². The molecule has 6 rings (SSSR count). The molecule has 4 saturated heterocycles. The van der Waals surface area contributed by atoms with E-state index in [4.69, 9.17) is 18.9 Å². The minimum absolute atomic E-state index is 0.229. The first-order valence-electron chi connectivity index (χ1n) is 10.2. The number of carbonyl (C=O) groups is 3. The van der Waals surface area contributed by atoms with Gasteiger partial charge < -0.3 is 34.3 Å². The van der Waals surface area contributed by atoms with Gasteiger partial charge in [-0.2, -0.15) is 0 Å². The molecular weight excluding hydrogens is 400 g/mol. The van der Waals surface area contributed by atoms with Crippen molar-refractivity contribution in [2.24, 2.45) is 28.1 Å². The van der Waals surface area contributed by atoms with Crippen LogP contribution in [0.3, 0.4) is 0 Å². The molecule has 0 aromatic heterocycles. The molecule has 4 aliphatic heterocycles. The van der Waals surface area contributed by atoms with E-state index in [0.29, 0.717) is 0 Å². The third-order valence-corrected chi connectivity index (χ3v) is 9.00. The van der Waals surface area contributed by atoms with E-state index >= 15 is 0 Å². The summed E-state index contributed by atoms with van der Waals surface area (Å²) in [5.74, 6) is -4.32. The minimum Gasteiger partial charge on any atom is -0.459 e. The van der Waals surface area contributed by atoms with Gasteiger partial charge in [-0.25, -0.2) is 9.59 Å². The SMILES string of the molecule is C[C@@H]1C(=O)O[C@H]2[C@H](O)C34C5CC(C(C)(C)C)C36[C@H](OC(=O)[C@@H]6O)O[C@@]4(C(=O)O5)[C@@]12O. The number of esters is 3. The molecule has 30 heavy (non-hydrogen) atoms. The van der Waals surface area contributed by atoms with Crippen molar-refractivity contribution >= 4 is 17.9 Å². The first-order chi connectivity index (χ1) is 13.8. The van der Waals surface area contributed by atoms with E-state index in [1.165, 1.54) is 6.92 Å². The van der Waals surface area contributed by atoms with Crippen molar-refractivity contribution in [3.8, 4) is 0 Å². The molecule has 4 unspecified atom stereocenters. The fourth-order valence-electron chi connectivity index (χ4n) is 8.12. The largest absolute Gasteiger partial charge is 0.459 e. The second-order valence-electron chi connectivity index (χ2n) is 10.7. The molecule has 10 heteroatoms. The molecule has 2 saturated carbocycles. The molecule has 10 nitrogen and oxygen atoms in total. The average molecular weight is 424 g/mol. The van der Waals surface area contributed by atoms with Crippen LogP contribution in [0.1, 0.15) is 34.1 Å². The normalized spacial score (nSPS) is 60.1. The van der Waals surface area contributed by atoms with E-state index in [1.807, 2.05) is 20.8 Å². The molecule has 0 amide bonds. The maximum absolute atomic E-state index is 13.4. The van der Waals surface area contributed by atoms with Crippen molar-refractivity contribution in [2.45, 2.75) is 76.0 Å². The van der Waals surface area contributed by atoms with E-state index in [-0.39, 0.29) is 6.42 Å². The van der Waals surface area contributed by atoms with Crippen molar-refractivity contribution in [2.75, 3.05) is 0 Å². The van der Waals surface area contributed by atoms with E-state index in [2.05, 4.69) is 0 Å². The van der Waals surface area contributed by atoms with Gasteiger partial charge in [0.25, 0.3) is 0 Å². The summed E-state index contributed by atoms with van der Waals surface area (Å²) in [5.41, 5.74) is -8.26. The van der Waals surface area contributed by atoms with E-state index in [1.54, 1.807) is 0 Å². The third-order valence-electron chi connectivity index (χ3n) is 9.00. The van der Waals surface area contributed by atoms with E-state index in [9.17, 15) is 29.7 Å². The smallest absolute Gasteiger partial charge is 0.343 e. The maximum atomic E-state index is 13.4. The molecule has 0 bridgehead atoms. The first kappa shape index (κ1) is 19.0. The highest BCUT2D eigenvalue weighted by atomic mass is 16.8. The summed E-state index contributed by atoms with van der Waals surface area (Å²) >= 11 is 0. The zero-order valence-corrected chi connectivity index (χ0v) is 16.9. The number of hydrogen-bond acceptors (Lipinski definition) is 10. The highest BCUT2D eigenvalue weighted by Crippen LogP contribution is 2.84. The second-order valence-corrected chi connectivity index (χ2v) is 10.7. The van der Waals surface area contributed by atoms with Crippen molar-refractivity contribution in [3.05, 3.63) is 0 Å². The molecule has 0 radical (unpaired) electrons. The van der Waals surface area contributed by atoms with Crippen LogP contribution in [0.15, 0.2) is 0 Å². The molecule has 6 fully saturated rings. The molecule has 11 atom stereocenters. The molecule has 4 heterocycles. The summed E-state index contributed by atoms with van der Waals surface area (Å²) in [6, 6.07) is 0. The predicted molar refractivity (Wildman–Crippen MR) is 92.0 cm³/mol. The fraction of sp³-hybridized carbons (Fsp3) is 0.850. The van der Waals surface area contributed by atoms with Crippen LogP contribution >= 0.6 is 0 Å². The third kappa shape index (κ3) is 1.33. The number of carbonyl (C=O) groups excluding carboxylic acids is 3. The van der Waals surface area contributed by atoms with Crippen molar-refractivity contribution in [1.29, 1.82) is 0 Å². The van der Waals surface area contributed by atoms with Gasteiger partial charge in [-0.15, -0.1) is 0 Å². The van der Waals surface area contributed by atoms with Crippen LogP contribution in [0.2, 0.25) is 0 Å². The maximum Gasteiger partial charge on any atom is 0.343 e. The quantitative estimate of drug-likeness (QED) is 0.314. The molecule has 0 aromatic rings. The summed E-state index contributed by atoms with van der Waals surface area (Å²) in [6.45, 7) is 7.14. The summed E-state index contributed by atoms with van der Waals surface area (Å²) in [5, 5.41) is 34.7. The summed E-state index contributed by atoms with van der Waals surface area (Å²) in [7, 11) is 0. The molecule has 6 aliphatic rings. The van der Waals surface area contributed by atoms with Crippen LogP contribution in [0.4, 0.5) is 0 Å². The Morgan fingerprint density at radius 2 is 1.70 bits per heavy atom. The van der Waals surface area contributed by atoms with Crippen LogP contribution in [0.5, 0.6) is 0 Å². The Morgan fingerprint density at radius 1 is 1.03 bits per heavy atom. The number of fused-ring (bicyclic) bond motifs is 1. The van der Waals surface area contributed by atoms with Crippen LogP contribution in [-0.4, -0.2) is 75.1 Å². The van der Waals surface area contributed by atoms with Crippen LogP contribution in [-0.2, 0) is 33.3 Å². The Balaban J connectivity index is 1.72. The lowest BCUT2D eigenvalue weighted by Gasteiger charge is -2.47. The predicted octanol–water partition coefficient (Wildman–Crippen LogP) is -1.37. The van der Waals surface area contributed by atoms with Crippen LogP contribution in [0, 0.1) is 28.1 Å². The van der Waals surface area contributed by atoms with Gasteiger partial charge in [0.1, 0.15) is 12.2 Å². The monoisotopic (exact) mass is 424 g/mol. The highest BCUT2D eigenvalue weighted by molar-refractivity contribution is 5.94. The van der Waals surface area contributed by atoms with Gasteiger partial charge in [0.15, 0.2) is 17.8 Å². The Morgan fingerprint density at radius 3 is 2.33 bits per heavy atom. The van der Waals surface area contributed by atoms with Gasteiger partial charge in [0.05, 0.1) is 16.7 Å². The van der Waals surface area contributed by atoms with Crippen molar-refractivity contribution in [1.82, 2.24) is 0 Å². The Kier molecular flexibility index (Phi) is 2.97. The Labute approximate surface area is 171 Å². The molecular formula is C20H24O10. The summed E-state index contributed by atoms with van der Waals surface area (Å²) in [4.78, 5) is 38.2. The standard InChI is InChI=1S/C20H24O10/c1-6-12(23)28-11-9(21)18-8-5-7(16(2,3)4)17(18)10(22)13(24)29-15(17)30-20(18,14(25)27-8)19(6,11)26/h6-11,15,21-22,26H,5H2,1-4H3/t6-,7?,8?,9+,10+,11+,15-,17?,18?,19-,20-/m1/s1. The number of aliphatic hydroxyl groups excluding tert-OH is 2. The minimum atomic E-state index is -2.24. The van der Waals surface area contributed by atoms with Gasteiger partial charge >= 0.3 is 17.9 Å². The topological polar surface area (TPSA) is 149 Å². The number of ether oxygens (including phenoxy) is 4.